The highest BCUT2D eigenvalue weighted by molar-refractivity contribution is 6.35. The van der Waals surface area contributed by atoms with E-state index in [-0.39, 0.29) is 30.8 Å². The molecule has 0 amide bonds. The number of aromatic hydroxyl groups is 1. The molecule has 3 rings (SSSR count). The number of phenols is 1. The minimum Gasteiger partial charge on any atom is -0.508 e. The zero-order valence-corrected chi connectivity index (χ0v) is 24.7. The first kappa shape index (κ1) is 33.6. The Kier molecular flexibility index (Phi) is 12.6. The van der Waals surface area contributed by atoms with Crippen LogP contribution >= 0.6 is 0 Å². The fourth-order valence-corrected chi connectivity index (χ4v) is 5.52. The number of benzene rings is 1. The average molecular weight is 547 g/mol. The number of hydrogen-bond acceptors (Lipinski definition) is 5. The molecule has 0 saturated carbocycles. The second-order valence-corrected chi connectivity index (χ2v) is 9.19. The zero-order chi connectivity index (χ0) is 30.2. The van der Waals surface area contributed by atoms with Crippen molar-refractivity contribution in [2.75, 3.05) is 6.61 Å². The molecule has 0 aromatic heterocycles. The molecular formula is C29H42BF2N2O5+. The SMILES string of the molecule is CC.CCOC(=O)C1C(C)=C(/C(=C2/C(C)=C(CC)C(C)=[N+]2B(F)F)c2c(C)cc(O)cc2C)NC1C.O=CO. The third-order valence-corrected chi connectivity index (χ3v) is 6.92. The molecule has 2 unspecified atom stereocenters. The zero-order valence-electron chi connectivity index (χ0n) is 24.7. The van der Waals surface area contributed by atoms with E-state index in [1.807, 2.05) is 55.4 Å². The van der Waals surface area contributed by atoms with Crippen molar-refractivity contribution in [3.63, 3.8) is 0 Å². The van der Waals surface area contributed by atoms with Crippen LogP contribution in [0.2, 0.25) is 0 Å². The van der Waals surface area contributed by atoms with Gasteiger partial charge in [-0.05, 0) is 82.4 Å². The highest BCUT2D eigenvalue weighted by Gasteiger charge is 2.48. The molecule has 0 radical (unpaired) electrons. The van der Waals surface area contributed by atoms with E-state index in [0.29, 0.717) is 29.1 Å². The molecule has 0 saturated heterocycles. The Morgan fingerprint density at radius 2 is 1.64 bits per heavy atom. The van der Waals surface area contributed by atoms with Gasteiger partial charge in [0.15, 0.2) is 11.4 Å². The van der Waals surface area contributed by atoms with Crippen molar-refractivity contribution in [2.45, 2.75) is 81.7 Å². The number of phenolic OH excluding ortho intramolecular Hbond substituents is 1. The quantitative estimate of drug-likeness (QED) is 0.229. The van der Waals surface area contributed by atoms with Crippen LogP contribution in [0.15, 0.2) is 40.2 Å². The number of halogens is 2. The molecule has 3 N–H and O–H groups in total. The second kappa shape index (κ2) is 14.7. The standard InChI is InChI=1S/C26H33BF2N2O3.C2H6.CH2O2/c1-9-20-15(5)25(31(18(20)8)27(28)29)23(21-13(3)11-19(32)12-14(21)4)24-16(6)22(17(7)30-24)26(33)34-10-2;1-2;2-1-3/h11-12,17,22,30H,9-10H2,1-8H3;1-2H3;1H,(H,2,3)/p+1. The Bertz CT molecular complexity index is 1200. The molecule has 0 fully saturated rings. The maximum atomic E-state index is 14.5. The van der Waals surface area contributed by atoms with Crippen molar-refractivity contribution in [3.05, 3.63) is 56.9 Å². The van der Waals surface area contributed by atoms with E-state index in [0.717, 1.165) is 37.9 Å². The van der Waals surface area contributed by atoms with Crippen LogP contribution < -0.4 is 5.32 Å². The van der Waals surface area contributed by atoms with Gasteiger partial charge in [0.2, 0.25) is 0 Å². The highest BCUT2D eigenvalue weighted by atomic mass is 19.2. The van der Waals surface area contributed by atoms with Crippen molar-refractivity contribution in [2.24, 2.45) is 5.92 Å². The maximum Gasteiger partial charge on any atom is 0.934 e. The van der Waals surface area contributed by atoms with Gasteiger partial charge in [-0.25, -0.2) is 13.1 Å². The number of nitrogens with one attached hydrogen (secondary N) is 1. The molecule has 2 heterocycles. The normalized spacial score (nSPS) is 19.6. The molecule has 1 aromatic rings. The largest absolute Gasteiger partial charge is 0.934 e. The van der Waals surface area contributed by atoms with Crippen LogP contribution in [0.4, 0.5) is 8.63 Å². The number of carbonyl (C=O) groups is 2. The second-order valence-electron chi connectivity index (χ2n) is 9.19. The number of hydrogen-bond donors (Lipinski definition) is 3. The number of carboxylic acid groups (broad SMARTS) is 1. The van der Waals surface area contributed by atoms with E-state index in [2.05, 4.69) is 5.32 Å². The number of nitrogens with zero attached hydrogens (tertiary/aromatic N) is 1. The van der Waals surface area contributed by atoms with E-state index >= 15 is 0 Å². The molecule has 10 heteroatoms. The number of allylic oxidation sites excluding steroid dienone is 3. The molecule has 0 bridgehead atoms. The van der Waals surface area contributed by atoms with Crippen LogP contribution in [0.1, 0.15) is 78.5 Å². The molecule has 214 valence electrons. The predicted molar refractivity (Wildman–Crippen MR) is 152 cm³/mol. The first-order valence-corrected chi connectivity index (χ1v) is 13.3. The van der Waals surface area contributed by atoms with Gasteiger partial charge in [0.1, 0.15) is 5.75 Å². The number of rotatable bonds is 6. The molecule has 39 heavy (non-hydrogen) atoms. The van der Waals surface area contributed by atoms with Gasteiger partial charge >= 0.3 is 13.4 Å². The first-order valence-electron chi connectivity index (χ1n) is 13.3. The molecule has 0 aliphatic carbocycles. The van der Waals surface area contributed by atoms with Gasteiger partial charge < -0.3 is 20.3 Å². The first-order chi connectivity index (χ1) is 18.4. The van der Waals surface area contributed by atoms with E-state index in [1.165, 1.54) is 0 Å². The van der Waals surface area contributed by atoms with Crippen molar-refractivity contribution in [1.82, 2.24) is 5.32 Å². The fraction of sp³-hybridized carbons (Fsp3) is 0.483. The Hall–Kier alpha value is -3.43. The van der Waals surface area contributed by atoms with Crippen LogP contribution in [0.3, 0.4) is 0 Å². The van der Waals surface area contributed by atoms with Crippen molar-refractivity contribution < 1.29 is 37.7 Å². The summed E-state index contributed by atoms with van der Waals surface area (Å²) in [5.41, 5.74) is 6.95. The van der Waals surface area contributed by atoms with Gasteiger partial charge in [-0.15, -0.1) is 0 Å². The summed E-state index contributed by atoms with van der Waals surface area (Å²) >= 11 is 0. The smallest absolute Gasteiger partial charge is 0.508 e. The van der Waals surface area contributed by atoms with Crippen LogP contribution in [0.5, 0.6) is 5.75 Å². The lowest BCUT2D eigenvalue weighted by molar-refractivity contribution is -0.343. The minimum atomic E-state index is -2.73. The predicted octanol–water partition coefficient (Wildman–Crippen LogP) is 6.03. The Labute approximate surface area is 231 Å². The molecule has 2 aliphatic heterocycles. The number of carbonyl (C=O) groups excluding carboxylic acids is 1. The van der Waals surface area contributed by atoms with E-state index in [9.17, 15) is 18.5 Å². The lowest BCUT2D eigenvalue weighted by Gasteiger charge is -2.20. The summed E-state index contributed by atoms with van der Waals surface area (Å²) in [5.74, 6) is -0.739. The molecular weight excluding hydrogens is 505 g/mol. The number of ether oxygens (including phenoxy) is 1. The van der Waals surface area contributed by atoms with E-state index in [1.54, 1.807) is 26.0 Å². The summed E-state index contributed by atoms with van der Waals surface area (Å²) < 4.78 is 35.5. The van der Waals surface area contributed by atoms with E-state index in [4.69, 9.17) is 14.6 Å². The molecule has 1 aromatic carbocycles. The van der Waals surface area contributed by atoms with Crippen molar-refractivity contribution >= 4 is 31.1 Å². The van der Waals surface area contributed by atoms with Gasteiger partial charge in [0.05, 0.1) is 18.1 Å². The van der Waals surface area contributed by atoms with Gasteiger partial charge in [-0.1, -0.05) is 20.8 Å². The monoisotopic (exact) mass is 547 g/mol. The maximum absolute atomic E-state index is 14.5. The lowest BCUT2D eigenvalue weighted by atomic mass is 9.86. The molecule has 2 aliphatic rings. The molecule has 7 nitrogen and oxygen atoms in total. The summed E-state index contributed by atoms with van der Waals surface area (Å²) in [6.07, 6.45) is 0.624. The van der Waals surface area contributed by atoms with Crippen molar-refractivity contribution in [3.8, 4) is 5.75 Å². The van der Waals surface area contributed by atoms with Gasteiger partial charge in [0.25, 0.3) is 6.47 Å². The number of esters is 1. The third-order valence-electron chi connectivity index (χ3n) is 6.92. The highest BCUT2D eigenvalue weighted by Crippen LogP contribution is 2.43. The lowest BCUT2D eigenvalue weighted by Crippen LogP contribution is -2.32. The van der Waals surface area contributed by atoms with Crippen LogP contribution in [0, 0.1) is 19.8 Å². The summed E-state index contributed by atoms with van der Waals surface area (Å²) in [5, 5.41) is 20.5. The Morgan fingerprint density at radius 1 is 1.13 bits per heavy atom. The Balaban J connectivity index is 0.00000142. The van der Waals surface area contributed by atoms with Crippen molar-refractivity contribution in [1.29, 1.82) is 0 Å². The van der Waals surface area contributed by atoms with Crippen LogP contribution in [-0.4, -0.2) is 52.9 Å². The van der Waals surface area contributed by atoms with Gasteiger partial charge in [-0.3, -0.25) is 9.59 Å². The summed E-state index contributed by atoms with van der Waals surface area (Å²) in [6.45, 7) is 18.8. The molecule has 2 atom stereocenters. The summed E-state index contributed by atoms with van der Waals surface area (Å²) in [7, 11) is -2.73. The number of aryl methyl sites for hydroxylation is 2. The summed E-state index contributed by atoms with van der Waals surface area (Å²) in [6, 6.07) is 3.01. The van der Waals surface area contributed by atoms with Crippen LogP contribution in [0.25, 0.3) is 5.57 Å². The topological polar surface area (TPSA) is 98.9 Å². The molecule has 0 spiro atoms. The third kappa shape index (κ3) is 6.78. The Morgan fingerprint density at radius 3 is 2.08 bits per heavy atom. The fourth-order valence-electron chi connectivity index (χ4n) is 5.52. The van der Waals surface area contributed by atoms with Gasteiger partial charge in [-0.2, -0.15) is 0 Å². The minimum absolute atomic E-state index is 0.118. The van der Waals surface area contributed by atoms with Gasteiger partial charge in [0, 0.05) is 29.8 Å². The van der Waals surface area contributed by atoms with E-state index < -0.39 is 13.3 Å². The van der Waals surface area contributed by atoms with Crippen LogP contribution in [-0.2, 0) is 14.3 Å². The average Bonchev–Trinajstić information content (AvgIpc) is 3.29. The summed E-state index contributed by atoms with van der Waals surface area (Å²) in [4.78, 5) is 21.1.